The van der Waals surface area contributed by atoms with E-state index in [1.165, 1.54) is 6.20 Å². The quantitative estimate of drug-likeness (QED) is 0.895. The van der Waals surface area contributed by atoms with Gasteiger partial charge in [-0.05, 0) is 18.2 Å². The van der Waals surface area contributed by atoms with Gasteiger partial charge in [0.15, 0.2) is 17.2 Å². The molecule has 0 aliphatic carbocycles. The number of para-hydroxylation sites is 1. The number of methoxy groups -OCH3 is 2. The Morgan fingerprint density at radius 1 is 1.05 bits per heavy atom. The summed E-state index contributed by atoms with van der Waals surface area (Å²) in [5.74, 6) is 2.02. The minimum atomic E-state index is -0.130. The number of pyridine rings is 1. The van der Waals surface area contributed by atoms with Gasteiger partial charge in [0.25, 0.3) is 0 Å². The third-order valence-corrected chi connectivity index (χ3v) is 2.64. The van der Waals surface area contributed by atoms with Gasteiger partial charge in [-0.1, -0.05) is 6.07 Å². The van der Waals surface area contributed by atoms with Crippen LogP contribution in [0.3, 0.4) is 0 Å². The summed E-state index contributed by atoms with van der Waals surface area (Å²) >= 11 is 0. The fraction of sp³-hybridized carbons (Fsp3) is 0.214. The number of rotatable bonds is 5. The van der Waals surface area contributed by atoms with Crippen molar-refractivity contribution in [2.45, 2.75) is 6.61 Å². The maximum atomic E-state index is 9.28. The maximum Gasteiger partial charge on any atom is 0.211 e. The highest BCUT2D eigenvalue weighted by Gasteiger charge is 2.14. The van der Waals surface area contributed by atoms with Crippen molar-refractivity contribution in [3.8, 4) is 23.0 Å². The van der Waals surface area contributed by atoms with Crippen molar-refractivity contribution < 1.29 is 19.3 Å². The van der Waals surface area contributed by atoms with Gasteiger partial charge in [0.2, 0.25) is 5.75 Å². The lowest BCUT2D eigenvalue weighted by molar-refractivity contribution is 0.274. The molecule has 2 rings (SSSR count). The minimum absolute atomic E-state index is 0.130. The van der Waals surface area contributed by atoms with E-state index in [1.54, 1.807) is 44.7 Å². The fourth-order valence-electron chi connectivity index (χ4n) is 1.66. The van der Waals surface area contributed by atoms with E-state index in [-0.39, 0.29) is 6.61 Å². The molecule has 19 heavy (non-hydrogen) atoms. The van der Waals surface area contributed by atoms with Crippen LogP contribution in [-0.4, -0.2) is 24.3 Å². The number of nitrogens with zero attached hydrogens (tertiary/aromatic N) is 1. The van der Waals surface area contributed by atoms with E-state index < -0.39 is 0 Å². The molecule has 0 radical (unpaired) electrons. The van der Waals surface area contributed by atoms with Crippen molar-refractivity contribution in [1.29, 1.82) is 0 Å². The van der Waals surface area contributed by atoms with E-state index in [9.17, 15) is 5.11 Å². The predicted molar refractivity (Wildman–Crippen MR) is 69.8 cm³/mol. The summed E-state index contributed by atoms with van der Waals surface area (Å²) in [6.45, 7) is -0.130. The van der Waals surface area contributed by atoms with Crippen molar-refractivity contribution in [2.75, 3.05) is 14.2 Å². The van der Waals surface area contributed by atoms with E-state index in [0.29, 0.717) is 28.6 Å². The van der Waals surface area contributed by atoms with E-state index >= 15 is 0 Å². The smallest absolute Gasteiger partial charge is 0.211 e. The summed E-state index contributed by atoms with van der Waals surface area (Å²) in [4.78, 5) is 3.98. The van der Waals surface area contributed by atoms with Crippen molar-refractivity contribution in [3.63, 3.8) is 0 Å². The van der Waals surface area contributed by atoms with Gasteiger partial charge in [-0.25, -0.2) is 0 Å². The maximum absolute atomic E-state index is 9.28. The summed E-state index contributed by atoms with van der Waals surface area (Å²) in [6, 6.07) is 7.04. The zero-order valence-corrected chi connectivity index (χ0v) is 10.8. The van der Waals surface area contributed by atoms with Gasteiger partial charge in [-0.15, -0.1) is 0 Å². The zero-order valence-electron chi connectivity index (χ0n) is 10.8. The SMILES string of the molecule is COc1cccc(OC)c1Oc1cnccc1CO. The van der Waals surface area contributed by atoms with Crippen molar-refractivity contribution in [2.24, 2.45) is 0 Å². The largest absolute Gasteiger partial charge is 0.493 e. The zero-order chi connectivity index (χ0) is 13.7. The molecule has 2 aromatic rings. The molecule has 0 bridgehead atoms. The second-order valence-corrected chi connectivity index (χ2v) is 3.74. The lowest BCUT2D eigenvalue weighted by Gasteiger charge is -2.15. The van der Waals surface area contributed by atoms with Crippen LogP contribution in [0, 0.1) is 0 Å². The van der Waals surface area contributed by atoms with Gasteiger partial charge in [0.05, 0.1) is 27.0 Å². The van der Waals surface area contributed by atoms with Gasteiger partial charge in [-0.2, -0.15) is 0 Å². The van der Waals surface area contributed by atoms with Crippen molar-refractivity contribution in [3.05, 3.63) is 42.2 Å². The first-order valence-electron chi connectivity index (χ1n) is 5.72. The summed E-state index contributed by atoms with van der Waals surface area (Å²) in [7, 11) is 3.11. The third-order valence-electron chi connectivity index (χ3n) is 2.64. The molecule has 1 aromatic heterocycles. The second kappa shape index (κ2) is 6.06. The molecule has 0 aliphatic rings. The topological polar surface area (TPSA) is 60.8 Å². The number of aromatic nitrogens is 1. The Morgan fingerprint density at radius 2 is 1.74 bits per heavy atom. The molecule has 100 valence electrons. The molecule has 0 unspecified atom stereocenters. The number of aliphatic hydroxyl groups excluding tert-OH is 1. The Kier molecular flexibility index (Phi) is 4.20. The molecule has 0 atom stereocenters. The summed E-state index contributed by atoms with van der Waals surface area (Å²) in [6.07, 6.45) is 3.13. The molecule has 0 spiro atoms. The lowest BCUT2D eigenvalue weighted by Crippen LogP contribution is -1.97. The Balaban J connectivity index is 2.42. The van der Waals surface area contributed by atoms with E-state index in [0.717, 1.165) is 0 Å². The van der Waals surface area contributed by atoms with Gasteiger partial charge < -0.3 is 19.3 Å². The molecular formula is C14H15NO4. The van der Waals surface area contributed by atoms with Crippen molar-refractivity contribution in [1.82, 2.24) is 4.98 Å². The molecule has 0 fully saturated rings. The Bertz CT molecular complexity index is 535. The van der Waals surface area contributed by atoms with Gasteiger partial charge in [-0.3, -0.25) is 4.98 Å². The number of benzene rings is 1. The van der Waals surface area contributed by atoms with Crippen molar-refractivity contribution >= 4 is 0 Å². The molecule has 5 heteroatoms. The average Bonchev–Trinajstić information content (AvgIpc) is 2.48. The molecule has 0 amide bonds. The molecule has 5 nitrogen and oxygen atoms in total. The fourth-order valence-corrected chi connectivity index (χ4v) is 1.66. The van der Waals surface area contributed by atoms with Gasteiger partial charge >= 0.3 is 0 Å². The highest BCUT2D eigenvalue weighted by atomic mass is 16.5. The minimum Gasteiger partial charge on any atom is -0.493 e. The first-order valence-corrected chi connectivity index (χ1v) is 5.72. The highest BCUT2D eigenvalue weighted by Crippen LogP contribution is 2.40. The Hall–Kier alpha value is -2.27. The molecule has 0 aliphatic heterocycles. The first kappa shape index (κ1) is 13.2. The van der Waals surface area contributed by atoms with E-state index in [1.807, 2.05) is 0 Å². The summed E-state index contributed by atoms with van der Waals surface area (Å²) < 4.78 is 16.3. The molecule has 1 heterocycles. The third kappa shape index (κ3) is 2.77. The standard InChI is InChI=1S/C14H15NO4/c1-17-11-4-3-5-12(18-2)14(11)19-13-8-15-7-6-10(13)9-16/h3-8,16H,9H2,1-2H3. The van der Waals surface area contributed by atoms with Crippen LogP contribution in [0.5, 0.6) is 23.0 Å². The van der Waals surface area contributed by atoms with Crippen LogP contribution in [0.1, 0.15) is 5.56 Å². The molecule has 0 saturated heterocycles. The molecular weight excluding hydrogens is 246 g/mol. The highest BCUT2D eigenvalue weighted by molar-refractivity contribution is 5.53. The van der Waals surface area contributed by atoms with Gasteiger partial charge in [0, 0.05) is 11.8 Å². The number of ether oxygens (including phenoxy) is 3. The Labute approximate surface area is 111 Å². The van der Waals surface area contributed by atoms with E-state index in [2.05, 4.69) is 4.98 Å². The van der Waals surface area contributed by atoms with Crippen LogP contribution in [0.2, 0.25) is 0 Å². The van der Waals surface area contributed by atoms with Crippen LogP contribution < -0.4 is 14.2 Å². The first-order chi connectivity index (χ1) is 9.30. The van der Waals surface area contributed by atoms with Crippen LogP contribution in [0.25, 0.3) is 0 Å². The summed E-state index contributed by atoms with van der Waals surface area (Å²) in [5, 5.41) is 9.28. The number of hydrogen-bond donors (Lipinski definition) is 1. The predicted octanol–water partition coefficient (Wildman–Crippen LogP) is 2.38. The second-order valence-electron chi connectivity index (χ2n) is 3.74. The van der Waals surface area contributed by atoms with Crippen LogP contribution >= 0.6 is 0 Å². The Morgan fingerprint density at radius 3 is 2.32 bits per heavy atom. The molecule has 0 saturated carbocycles. The van der Waals surface area contributed by atoms with Crippen LogP contribution in [-0.2, 0) is 6.61 Å². The lowest BCUT2D eigenvalue weighted by atomic mass is 10.2. The summed E-state index contributed by atoms with van der Waals surface area (Å²) in [5.41, 5.74) is 0.642. The van der Waals surface area contributed by atoms with Crippen LogP contribution in [0.4, 0.5) is 0 Å². The number of aliphatic hydroxyl groups is 1. The van der Waals surface area contributed by atoms with Gasteiger partial charge in [0.1, 0.15) is 0 Å². The van der Waals surface area contributed by atoms with E-state index in [4.69, 9.17) is 14.2 Å². The normalized spacial score (nSPS) is 10.1. The number of hydrogen-bond acceptors (Lipinski definition) is 5. The molecule has 1 N–H and O–H groups in total. The average molecular weight is 261 g/mol. The molecule has 1 aromatic carbocycles. The monoisotopic (exact) mass is 261 g/mol. The van der Waals surface area contributed by atoms with Crippen LogP contribution in [0.15, 0.2) is 36.7 Å².